The van der Waals surface area contributed by atoms with Gasteiger partial charge in [0.1, 0.15) is 5.58 Å². The van der Waals surface area contributed by atoms with Crippen LogP contribution in [0.2, 0.25) is 0 Å². The van der Waals surface area contributed by atoms with Crippen molar-refractivity contribution in [2.24, 2.45) is 17.8 Å². The van der Waals surface area contributed by atoms with E-state index in [1.165, 1.54) is 0 Å². The smallest absolute Gasteiger partial charge is 0.287 e. The van der Waals surface area contributed by atoms with Gasteiger partial charge in [-0.1, -0.05) is 13.8 Å². The molecule has 0 radical (unpaired) electrons. The van der Waals surface area contributed by atoms with E-state index < -0.39 is 10.0 Å². The normalized spacial score (nSPS) is 23.5. The largest absolute Gasteiger partial charge is 0.451 e. The molecule has 4 rings (SSSR count). The molecule has 2 fully saturated rings. The maximum atomic E-state index is 13.3. The molecular formula is C24H34N2O5S. The summed E-state index contributed by atoms with van der Waals surface area (Å²) in [4.78, 5) is 13.0. The molecule has 2 unspecified atom stereocenters. The van der Waals surface area contributed by atoms with E-state index in [1.54, 1.807) is 29.4 Å². The first kappa shape index (κ1) is 23.3. The van der Waals surface area contributed by atoms with Crippen LogP contribution in [-0.2, 0) is 14.8 Å². The Kier molecular flexibility index (Phi) is 6.93. The fraction of sp³-hybridized carbons (Fsp3) is 0.625. The quantitative estimate of drug-likeness (QED) is 0.702. The molecule has 0 aliphatic carbocycles. The third-order valence-electron chi connectivity index (χ3n) is 6.77. The summed E-state index contributed by atoms with van der Waals surface area (Å²) < 4.78 is 39.3. The zero-order chi connectivity index (χ0) is 22.9. The van der Waals surface area contributed by atoms with E-state index in [0.29, 0.717) is 53.9 Å². The molecule has 1 N–H and O–H groups in total. The Morgan fingerprint density at radius 1 is 1.16 bits per heavy atom. The number of carbonyl (C=O) groups excluding carboxylic acids is 1. The number of furan rings is 1. The molecule has 0 spiro atoms. The van der Waals surface area contributed by atoms with Crippen molar-refractivity contribution in [1.29, 1.82) is 0 Å². The molecule has 7 nitrogen and oxygen atoms in total. The third-order valence-corrected chi connectivity index (χ3v) is 8.59. The molecule has 3 heterocycles. The highest BCUT2D eigenvalue weighted by atomic mass is 32.2. The van der Waals surface area contributed by atoms with Gasteiger partial charge >= 0.3 is 0 Å². The van der Waals surface area contributed by atoms with E-state index in [4.69, 9.17) is 9.15 Å². The van der Waals surface area contributed by atoms with E-state index >= 15 is 0 Å². The lowest BCUT2D eigenvalue weighted by molar-refractivity contribution is 0.0635. The summed E-state index contributed by atoms with van der Waals surface area (Å²) in [5, 5.41) is 3.62. The first-order valence-electron chi connectivity index (χ1n) is 11.6. The molecule has 1 aromatic heterocycles. The van der Waals surface area contributed by atoms with Crippen molar-refractivity contribution >= 4 is 26.9 Å². The van der Waals surface area contributed by atoms with Crippen molar-refractivity contribution in [3.63, 3.8) is 0 Å². The van der Waals surface area contributed by atoms with Gasteiger partial charge in [0, 0.05) is 43.8 Å². The van der Waals surface area contributed by atoms with Gasteiger partial charge in [-0.05, 0) is 68.6 Å². The van der Waals surface area contributed by atoms with Crippen LogP contribution in [0.5, 0.6) is 0 Å². The Hall–Kier alpha value is -1.90. The lowest BCUT2D eigenvalue weighted by Gasteiger charge is -2.34. The zero-order valence-electron chi connectivity index (χ0n) is 19.2. The highest BCUT2D eigenvalue weighted by Crippen LogP contribution is 2.31. The average Bonchev–Trinajstić information content (AvgIpc) is 3.10. The number of benzene rings is 1. The summed E-state index contributed by atoms with van der Waals surface area (Å²) in [6.45, 7) is 9.24. The number of carbonyl (C=O) groups is 1. The summed E-state index contributed by atoms with van der Waals surface area (Å²) in [5.74, 6) is 1.25. The zero-order valence-corrected chi connectivity index (χ0v) is 20.0. The number of rotatable bonds is 6. The third kappa shape index (κ3) is 4.87. The van der Waals surface area contributed by atoms with Crippen LogP contribution in [0.3, 0.4) is 0 Å². The minimum absolute atomic E-state index is 0.252. The Labute approximate surface area is 190 Å². The van der Waals surface area contributed by atoms with E-state index in [2.05, 4.69) is 19.2 Å². The van der Waals surface area contributed by atoms with Gasteiger partial charge in [-0.3, -0.25) is 4.79 Å². The maximum Gasteiger partial charge on any atom is 0.287 e. The standard InChI is InChI=1S/C24H34N2O5S/c1-16-12-17(2)15-26(14-16)32(28,29)20-4-5-22-21(13-20)18(3)23(31-22)24(27)25-9-6-19-7-10-30-11-8-19/h4-5,13,16-17,19H,6-12,14-15H2,1-3H3,(H,25,27). The Morgan fingerprint density at radius 3 is 2.53 bits per heavy atom. The second-order valence-electron chi connectivity index (χ2n) is 9.58. The molecule has 0 bridgehead atoms. The van der Waals surface area contributed by atoms with Crippen molar-refractivity contribution in [3.05, 3.63) is 29.5 Å². The summed E-state index contributed by atoms with van der Waals surface area (Å²) in [6, 6.07) is 4.88. The van der Waals surface area contributed by atoms with Gasteiger partial charge in [0.25, 0.3) is 5.91 Å². The van der Waals surface area contributed by atoms with Gasteiger partial charge in [0.15, 0.2) is 5.76 Å². The van der Waals surface area contributed by atoms with Gasteiger partial charge < -0.3 is 14.5 Å². The van der Waals surface area contributed by atoms with Crippen LogP contribution in [0.1, 0.15) is 55.6 Å². The molecule has 2 aromatic rings. The number of ether oxygens (including phenoxy) is 1. The fourth-order valence-electron chi connectivity index (χ4n) is 5.03. The minimum Gasteiger partial charge on any atom is -0.451 e. The van der Waals surface area contributed by atoms with E-state index in [0.717, 1.165) is 38.9 Å². The molecule has 32 heavy (non-hydrogen) atoms. The van der Waals surface area contributed by atoms with Crippen LogP contribution in [0.25, 0.3) is 11.0 Å². The first-order valence-corrected chi connectivity index (χ1v) is 13.1. The number of piperidine rings is 1. The molecule has 8 heteroatoms. The average molecular weight is 463 g/mol. The molecular weight excluding hydrogens is 428 g/mol. The molecule has 2 aliphatic rings. The molecule has 2 saturated heterocycles. The number of nitrogens with zero attached hydrogens (tertiary/aromatic N) is 1. The number of hydrogen-bond acceptors (Lipinski definition) is 5. The van der Waals surface area contributed by atoms with Crippen LogP contribution in [0.15, 0.2) is 27.5 Å². The van der Waals surface area contributed by atoms with Gasteiger partial charge in [0.2, 0.25) is 10.0 Å². The number of fused-ring (bicyclic) bond motifs is 1. The van der Waals surface area contributed by atoms with E-state index in [9.17, 15) is 13.2 Å². The van der Waals surface area contributed by atoms with Gasteiger partial charge in [-0.2, -0.15) is 4.31 Å². The SMILES string of the molecule is Cc1c(C(=O)NCCC2CCOCC2)oc2ccc(S(=O)(=O)N3CC(C)CC(C)C3)cc12. The first-order chi connectivity index (χ1) is 15.3. The fourth-order valence-corrected chi connectivity index (χ4v) is 6.74. The van der Waals surface area contributed by atoms with Crippen LogP contribution in [0, 0.1) is 24.7 Å². The lowest BCUT2D eigenvalue weighted by Crippen LogP contribution is -2.42. The van der Waals surface area contributed by atoms with Gasteiger partial charge in [-0.25, -0.2) is 8.42 Å². The number of sulfonamides is 1. The Bertz CT molecular complexity index is 1060. The van der Waals surface area contributed by atoms with Crippen LogP contribution in [-0.4, -0.2) is 51.5 Å². The summed E-state index contributed by atoms with van der Waals surface area (Å²) >= 11 is 0. The predicted molar refractivity (Wildman–Crippen MR) is 123 cm³/mol. The molecule has 0 saturated carbocycles. The van der Waals surface area contributed by atoms with Crippen LogP contribution >= 0.6 is 0 Å². The Morgan fingerprint density at radius 2 is 1.84 bits per heavy atom. The topological polar surface area (TPSA) is 88.8 Å². The van der Waals surface area contributed by atoms with Crippen LogP contribution < -0.4 is 5.32 Å². The maximum absolute atomic E-state index is 13.3. The highest BCUT2D eigenvalue weighted by molar-refractivity contribution is 7.89. The van der Waals surface area contributed by atoms with Crippen molar-refractivity contribution in [3.8, 4) is 0 Å². The Balaban J connectivity index is 1.50. The number of nitrogens with one attached hydrogen (secondary N) is 1. The monoisotopic (exact) mass is 462 g/mol. The second-order valence-corrected chi connectivity index (χ2v) is 11.5. The number of hydrogen-bond donors (Lipinski definition) is 1. The number of aryl methyl sites for hydroxylation is 1. The number of amides is 1. The predicted octanol–water partition coefficient (Wildman–Crippen LogP) is 3.95. The van der Waals surface area contributed by atoms with E-state index in [-0.39, 0.29) is 16.6 Å². The molecule has 2 aliphatic heterocycles. The highest BCUT2D eigenvalue weighted by Gasteiger charge is 2.32. The molecule has 1 amide bonds. The van der Waals surface area contributed by atoms with Crippen molar-refractivity contribution in [1.82, 2.24) is 9.62 Å². The summed E-state index contributed by atoms with van der Waals surface area (Å²) in [6.07, 6.45) is 4.03. The summed E-state index contributed by atoms with van der Waals surface area (Å²) in [5.41, 5.74) is 1.19. The molecule has 176 valence electrons. The molecule has 2 atom stereocenters. The van der Waals surface area contributed by atoms with Crippen molar-refractivity contribution in [2.75, 3.05) is 32.8 Å². The molecule has 1 aromatic carbocycles. The lowest BCUT2D eigenvalue weighted by atomic mass is 9.94. The van der Waals surface area contributed by atoms with Crippen molar-refractivity contribution < 1.29 is 22.4 Å². The van der Waals surface area contributed by atoms with Gasteiger partial charge in [0.05, 0.1) is 4.90 Å². The van der Waals surface area contributed by atoms with E-state index in [1.807, 2.05) is 0 Å². The second kappa shape index (κ2) is 9.53. The minimum atomic E-state index is -3.59. The van der Waals surface area contributed by atoms with Gasteiger partial charge in [-0.15, -0.1) is 0 Å². The van der Waals surface area contributed by atoms with Crippen LogP contribution in [0.4, 0.5) is 0 Å². The van der Waals surface area contributed by atoms with Crippen molar-refractivity contribution in [2.45, 2.75) is 51.3 Å². The summed E-state index contributed by atoms with van der Waals surface area (Å²) in [7, 11) is -3.59.